The van der Waals surface area contributed by atoms with Crippen LogP contribution in [-0.4, -0.2) is 23.1 Å². The summed E-state index contributed by atoms with van der Waals surface area (Å²) in [4.78, 5) is 10.3. The Morgan fingerprint density at radius 3 is 2.73 bits per heavy atom. The molecule has 80 valence electrons. The molecule has 0 aromatic carbocycles. The van der Waals surface area contributed by atoms with E-state index in [0.717, 1.165) is 36.5 Å². The molecule has 1 aliphatic heterocycles. The fourth-order valence-corrected chi connectivity index (χ4v) is 2.83. The van der Waals surface area contributed by atoms with Crippen molar-refractivity contribution in [1.29, 1.82) is 0 Å². The van der Waals surface area contributed by atoms with E-state index in [1.165, 1.54) is 30.5 Å². The van der Waals surface area contributed by atoms with Gasteiger partial charge in [0.15, 0.2) is 0 Å². The molecule has 1 aromatic heterocycles. The Kier molecular flexibility index (Phi) is 2.24. The Labute approximate surface area is 94.5 Å². The van der Waals surface area contributed by atoms with Crippen LogP contribution >= 0.6 is 12.2 Å². The van der Waals surface area contributed by atoms with Crippen LogP contribution in [0, 0.1) is 4.64 Å². The fraction of sp³-hybridized carbons (Fsp3) is 0.636. The summed E-state index contributed by atoms with van der Waals surface area (Å²) in [6.45, 7) is 2.24. The van der Waals surface area contributed by atoms with Gasteiger partial charge in [-0.3, -0.25) is 0 Å². The Morgan fingerprint density at radius 2 is 1.93 bits per heavy atom. The third-order valence-electron chi connectivity index (χ3n) is 3.35. The summed E-state index contributed by atoms with van der Waals surface area (Å²) in [5.41, 5.74) is 2.62. The van der Waals surface area contributed by atoms with Crippen molar-refractivity contribution in [2.45, 2.75) is 32.1 Å². The van der Waals surface area contributed by atoms with Gasteiger partial charge in [0.25, 0.3) is 0 Å². The van der Waals surface area contributed by atoms with Crippen LogP contribution in [0.4, 0.5) is 5.95 Å². The number of hydrogen-bond donors (Lipinski definition) is 1. The number of fused-ring (bicyclic) bond motifs is 1. The molecule has 1 aromatic rings. The van der Waals surface area contributed by atoms with Gasteiger partial charge in [-0.15, -0.1) is 0 Å². The molecule has 3 rings (SSSR count). The third-order valence-corrected chi connectivity index (χ3v) is 3.69. The molecule has 15 heavy (non-hydrogen) atoms. The lowest BCUT2D eigenvalue weighted by Crippen LogP contribution is -2.21. The molecule has 0 unspecified atom stereocenters. The first-order valence-electron chi connectivity index (χ1n) is 5.71. The fourth-order valence-electron chi connectivity index (χ4n) is 2.52. The predicted octanol–water partition coefficient (Wildman–Crippen LogP) is 2.23. The Bertz CT molecular complexity index is 432. The first kappa shape index (κ1) is 9.33. The molecular weight excluding hydrogens is 206 g/mol. The van der Waals surface area contributed by atoms with Gasteiger partial charge in [-0.25, -0.2) is 4.98 Å². The number of H-pyrrole nitrogens is 1. The molecule has 0 spiro atoms. The lowest BCUT2D eigenvalue weighted by molar-refractivity contribution is 0.869. The van der Waals surface area contributed by atoms with Crippen molar-refractivity contribution in [2.75, 3.05) is 18.0 Å². The molecule has 2 aliphatic rings. The van der Waals surface area contributed by atoms with Crippen LogP contribution in [0.15, 0.2) is 0 Å². The summed E-state index contributed by atoms with van der Waals surface area (Å²) in [7, 11) is 0. The topological polar surface area (TPSA) is 31.9 Å². The quantitative estimate of drug-likeness (QED) is 0.738. The second-order valence-electron chi connectivity index (χ2n) is 4.37. The van der Waals surface area contributed by atoms with Crippen LogP contribution in [0.1, 0.15) is 30.5 Å². The summed E-state index contributed by atoms with van der Waals surface area (Å²) in [6.07, 6.45) is 6.03. The summed E-state index contributed by atoms with van der Waals surface area (Å²) in [5, 5.41) is 0. The van der Waals surface area contributed by atoms with E-state index < -0.39 is 0 Å². The van der Waals surface area contributed by atoms with E-state index in [9.17, 15) is 0 Å². The van der Waals surface area contributed by atoms with E-state index in [2.05, 4.69) is 14.9 Å². The number of hydrogen-bond acceptors (Lipinski definition) is 3. The van der Waals surface area contributed by atoms with E-state index in [4.69, 9.17) is 12.2 Å². The van der Waals surface area contributed by atoms with Crippen LogP contribution < -0.4 is 4.90 Å². The van der Waals surface area contributed by atoms with Gasteiger partial charge in [-0.1, -0.05) is 12.2 Å². The maximum absolute atomic E-state index is 5.34. The van der Waals surface area contributed by atoms with E-state index in [1.54, 1.807) is 0 Å². The minimum Gasteiger partial charge on any atom is -0.342 e. The lowest BCUT2D eigenvalue weighted by atomic mass is 10.3. The number of aryl methyl sites for hydroxylation is 1. The Balaban J connectivity index is 2.03. The van der Waals surface area contributed by atoms with Gasteiger partial charge in [-0.05, 0) is 32.1 Å². The maximum Gasteiger partial charge on any atom is 0.204 e. The summed E-state index contributed by atoms with van der Waals surface area (Å²) in [5.74, 6) is 0.998. The van der Waals surface area contributed by atoms with Gasteiger partial charge in [0.05, 0.1) is 0 Å². The zero-order valence-corrected chi connectivity index (χ0v) is 9.57. The number of rotatable bonds is 1. The van der Waals surface area contributed by atoms with Crippen LogP contribution in [0.3, 0.4) is 0 Å². The van der Waals surface area contributed by atoms with Gasteiger partial charge >= 0.3 is 0 Å². The van der Waals surface area contributed by atoms with Crippen molar-refractivity contribution in [3.8, 4) is 0 Å². The highest BCUT2D eigenvalue weighted by Gasteiger charge is 2.19. The van der Waals surface area contributed by atoms with Crippen LogP contribution in [0.5, 0.6) is 0 Å². The minimum absolute atomic E-state index is 0.822. The molecule has 1 fully saturated rings. The molecule has 1 saturated heterocycles. The average molecular weight is 221 g/mol. The second kappa shape index (κ2) is 3.59. The third kappa shape index (κ3) is 1.57. The van der Waals surface area contributed by atoms with Crippen molar-refractivity contribution in [1.82, 2.24) is 9.97 Å². The van der Waals surface area contributed by atoms with Gasteiger partial charge < -0.3 is 9.88 Å². The highest BCUT2D eigenvalue weighted by Crippen LogP contribution is 2.24. The van der Waals surface area contributed by atoms with E-state index in [-0.39, 0.29) is 0 Å². The van der Waals surface area contributed by atoms with Crippen molar-refractivity contribution in [3.05, 3.63) is 15.9 Å². The Morgan fingerprint density at radius 1 is 1.13 bits per heavy atom. The van der Waals surface area contributed by atoms with Gasteiger partial charge in [-0.2, -0.15) is 0 Å². The molecule has 0 saturated carbocycles. The zero-order chi connectivity index (χ0) is 10.3. The first-order valence-corrected chi connectivity index (χ1v) is 6.12. The normalized spacial score (nSPS) is 19.6. The van der Waals surface area contributed by atoms with E-state index >= 15 is 0 Å². The highest BCUT2D eigenvalue weighted by molar-refractivity contribution is 7.71. The average Bonchev–Trinajstić information content (AvgIpc) is 2.88. The molecule has 0 atom stereocenters. The number of aromatic amines is 1. The predicted molar refractivity (Wildman–Crippen MR) is 62.9 cm³/mol. The van der Waals surface area contributed by atoms with Crippen LogP contribution in [-0.2, 0) is 12.8 Å². The van der Waals surface area contributed by atoms with Gasteiger partial charge in [0.1, 0.15) is 4.64 Å². The minimum atomic E-state index is 0.822. The molecule has 0 radical (unpaired) electrons. The number of nitrogens with zero attached hydrogens (tertiary/aromatic N) is 2. The lowest BCUT2D eigenvalue weighted by Gasteiger charge is -2.16. The van der Waals surface area contributed by atoms with Crippen molar-refractivity contribution < 1.29 is 0 Å². The van der Waals surface area contributed by atoms with Crippen molar-refractivity contribution >= 4 is 18.2 Å². The number of aromatic nitrogens is 2. The SMILES string of the molecule is S=c1nc(N2CCCC2)[nH]c2c1CCC2. The highest BCUT2D eigenvalue weighted by atomic mass is 32.1. The molecule has 0 bridgehead atoms. The summed E-state index contributed by atoms with van der Waals surface area (Å²) < 4.78 is 0.822. The molecule has 2 heterocycles. The molecular formula is C11H15N3S. The molecule has 0 amide bonds. The number of anilines is 1. The van der Waals surface area contributed by atoms with Crippen LogP contribution in [0.2, 0.25) is 0 Å². The monoisotopic (exact) mass is 221 g/mol. The smallest absolute Gasteiger partial charge is 0.204 e. The van der Waals surface area contributed by atoms with E-state index in [1.807, 2.05) is 0 Å². The molecule has 1 N–H and O–H groups in total. The first-order chi connectivity index (χ1) is 7.34. The Hall–Kier alpha value is -0.900. The molecule has 4 heteroatoms. The van der Waals surface area contributed by atoms with Gasteiger partial charge in [0, 0.05) is 24.3 Å². The maximum atomic E-state index is 5.34. The second-order valence-corrected chi connectivity index (χ2v) is 4.76. The van der Waals surface area contributed by atoms with Crippen molar-refractivity contribution in [2.24, 2.45) is 0 Å². The van der Waals surface area contributed by atoms with E-state index in [0.29, 0.717) is 0 Å². The summed E-state index contributed by atoms with van der Waals surface area (Å²) in [6, 6.07) is 0. The largest absolute Gasteiger partial charge is 0.342 e. The molecule has 3 nitrogen and oxygen atoms in total. The van der Waals surface area contributed by atoms with Gasteiger partial charge in [0.2, 0.25) is 5.95 Å². The van der Waals surface area contributed by atoms with Crippen molar-refractivity contribution in [3.63, 3.8) is 0 Å². The standard InChI is InChI=1S/C11H15N3S/c15-10-8-4-3-5-9(8)12-11(13-10)14-6-1-2-7-14/h1-7H2,(H,12,13,15). The number of nitrogens with one attached hydrogen (secondary N) is 1. The molecule has 1 aliphatic carbocycles. The zero-order valence-electron chi connectivity index (χ0n) is 8.75. The summed E-state index contributed by atoms with van der Waals surface area (Å²) >= 11 is 5.34. The van der Waals surface area contributed by atoms with Crippen LogP contribution in [0.25, 0.3) is 0 Å².